The Bertz CT molecular complexity index is 852. The maximum Gasteiger partial charge on any atom is 0.243 e. The van der Waals surface area contributed by atoms with E-state index in [2.05, 4.69) is 9.97 Å². The average molecular weight is 362 g/mol. The van der Waals surface area contributed by atoms with Crippen molar-refractivity contribution in [2.45, 2.75) is 4.90 Å². The van der Waals surface area contributed by atoms with E-state index in [4.69, 9.17) is 9.47 Å². The van der Waals surface area contributed by atoms with Crippen LogP contribution in [0.1, 0.15) is 0 Å². The van der Waals surface area contributed by atoms with Crippen LogP contribution in [-0.4, -0.2) is 62.1 Å². The molecule has 9 heteroatoms. The zero-order valence-corrected chi connectivity index (χ0v) is 14.4. The van der Waals surface area contributed by atoms with Crippen molar-refractivity contribution >= 4 is 15.8 Å². The maximum absolute atomic E-state index is 12.9. The van der Waals surface area contributed by atoms with Crippen LogP contribution in [0, 0.1) is 0 Å². The van der Waals surface area contributed by atoms with Crippen LogP contribution < -0.4 is 14.4 Å². The first-order valence-corrected chi connectivity index (χ1v) is 9.49. The topological polar surface area (TPSA) is 84.9 Å². The molecule has 0 bridgehead atoms. The summed E-state index contributed by atoms with van der Waals surface area (Å²) in [6, 6.07) is 4.76. The Hall–Kier alpha value is -2.39. The molecule has 4 rings (SSSR count). The first kappa shape index (κ1) is 16.1. The number of piperazine rings is 1. The molecule has 1 aromatic heterocycles. The number of fused-ring (bicyclic) bond motifs is 1. The number of hydrogen-bond acceptors (Lipinski definition) is 7. The van der Waals surface area contributed by atoms with Gasteiger partial charge < -0.3 is 14.4 Å². The van der Waals surface area contributed by atoms with Crippen molar-refractivity contribution < 1.29 is 17.9 Å². The lowest BCUT2D eigenvalue weighted by Crippen LogP contribution is -2.48. The Labute approximate surface area is 146 Å². The third-order valence-corrected chi connectivity index (χ3v) is 6.16. The lowest BCUT2D eigenvalue weighted by Gasteiger charge is -2.34. The molecule has 1 fully saturated rings. The second-order valence-corrected chi connectivity index (χ2v) is 7.70. The van der Waals surface area contributed by atoms with E-state index < -0.39 is 10.0 Å². The van der Waals surface area contributed by atoms with Crippen molar-refractivity contribution in [1.29, 1.82) is 0 Å². The number of aromatic nitrogens is 2. The fourth-order valence-corrected chi connectivity index (χ4v) is 4.38. The van der Waals surface area contributed by atoms with Crippen LogP contribution in [0.15, 0.2) is 41.7 Å². The minimum Gasteiger partial charge on any atom is -0.486 e. The summed E-state index contributed by atoms with van der Waals surface area (Å²) in [4.78, 5) is 10.6. The highest BCUT2D eigenvalue weighted by Gasteiger charge is 2.30. The van der Waals surface area contributed by atoms with Gasteiger partial charge in [0.25, 0.3) is 0 Å². The predicted molar refractivity (Wildman–Crippen MR) is 90.4 cm³/mol. The van der Waals surface area contributed by atoms with Gasteiger partial charge in [-0.15, -0.1) is 0 Å². The summed E-state index contributed by atoms with van der Waals surface area (Å²) in [5, 5.41) is 0. The van der Waals surface area contributed by atoms with E-state index in [9.17, 15) is 8.42 Å². The standard InChI is InChI=1S/C16H18N4O4S/c21-25(22,13-1-2-14-15(11-13)24-10-9-23-14)20-7-5-19(6-8-20)16-12-17-3-4-18-16/h1-4,11-12H,5-10H2. The van der Waals surface area contributed by atoms with Gasteiger partial charge in [-0.05, 0) is 12.1 Å². The molecule has 0 atom stereocenters. The van der Waals surface area contributed by atoms with Crippen LogP contribution in [0.4, 0.5) is 5.82 Å². The first-order chi connectivity index (χ1) is 12.1. The number of ether oxygens (including phenoxy) is 2. The van der Waals surface area contributed by atoms with Gasteiger partial charge in [-0.25, -0.2) is 13.4 Å². The highest BCUT2D eigenvalue weighted by Crippen LogP contribution is 2.33. The molecule has 2 aromatic rings. The fourth-order valence-electron chi connectivity index (χ4n) is 2.95. The highest BCUT2D eigenvalue weighted by atomic mass is 32.2. The Morgan fingerprint density at radius 1 is 0.960 bits per heavy atom. The smallest absolute Gasteiger partial charge is 0.243 e. The average Bonchev–Trinajstić information content (AvgIpc) is 2.68. The van der Waals surface area contributed by atoms with Crippen molar-refractivity contribution in [3.63, 3.8) is 0 Å². The molecular formula is C16H18N4O4S. The molecule has 0 aliphatic carbocycles. The van der Waals surface area contributed by atoms with Crippen molar-refractivity contribution in [2.24, 2.45) is 0 Å². The van der Waals surface area contributed by atoms with Gasteiger partial charge >= 0.3 is 0 Å². The molecule has 8 nitrogen and oxygen atoms in total. The number of hydrogen-bond donors (Lipinski definition) is 0. The molecule has 132 valence electrons. The summed E-state index contributed by atoms with van der Waals surface area (Å²) in [6.07, 6.45) is 4.94. The minimum atomic E-state index is -3.57. The lowest BCUT2D eigenvalue weighted by molar-refractivity contribution is 0.171. The minimum absolute atomic E-state index is 0.227. The van der Waals surface area contributed by atoms with Crippen molar-refractivity contribution in [3.05, 3.63) is 36.8 Å². The van der Waals surface area contributed by atoms with Gasteiger partial charge in [0.15, 0.2) is 11.5 Å². The second-order valence-electron chi connectivity index (χ2n) is 5.76. The van der Waals surface area contributed by atoms with E-state index in [-0.39, 0.29) is 4.90 Å². The zero-order valence-electron chi connectivity index (χ0n) is 13.5. The Kier molecular flexibility index (Phi) is 4.18. The van der Waals surface area contributed by atoms with Gasteiger partial charge in [-0.2, -0.15) is 4.31 Å². The molecule has 0 spiro atoms. The van der Waals surface area contributed by atoms with Crippen LogP contribution in [0.25, 0.3) is 0 Å². The normalized spacial score (nSPS) is 18.2. The molecular weight excluding hydrogens is 344 g/mol. The molecule has 0 radical (unpaired) electrons. The SMILES string of the molecule is O=S(=O)(c1ccc2c(c1)OCCO2)N1CCN(c2cnccn2)CC1. The van der Waals surface area contributed by atoms with Crippen LogP contribution in [0.3, 0.4) is 0 Å². The summed E-state index contributed by atoms with van der Waals surface area (Å²) >= 11 is 0. The van der Waals surface area contributed by atoms with E-state index in [0.717, 1.165) is 5.82 Å². The van der Waals surface area contributed by atoms with Gasteiger partial charge in [-0.3, -0.25) is 4.98 Å². The molecule has 25 heavy (non-hydrogen) atoms. The van der Waals surface area contributed by atoms with Crippen LogP contribution in [0.2, 0.25) is 0 Å². The van der Waals surface area contributed by atoms with E-state index >= 15 is 0 Å². The lowest BCUT2D eigenvalue weighted by atomic mass is 10.3. The third kappa shape index (κ3) is 3.12. The van der Waals surface area contributed by atoms with Crippen molar-refractivity contribution in [2.75, 3.05) is 44.3 Å². The summed E-state index contributed by atoms with van der Waals surface area (Å²) < 4.78 is 38.2. The van der Waals surface area contributed by atoms with Crippen LogP contribution >= 0.6 is 0 Å². The fraction of sp³-hybridized carbons (Fsp3) is 0.375. The van der Waals surface area contributed by atoms with E-state index in [1.165, 1.54) is 4.31 Å². The summed E-state index contributed by atoms with van der Waals surface area (Å²) in [5.74, 6) is 1.82. The Morgan fingerprint density at radius 3 is 2.44 bits per heavy atom. The number of benzene rings is 1. The molecule has 2 aliphatic rings. The Morgan fingerprint density at radius 2 is 1.72 bits per heavy atom. The monoisotopic (exact) mass is 362 g/mol. The third-order valence-electron chi connectivity index (χ3n) is 4.26. The second kappa shape index (κ2) is 6.49. The molecule has 2 aliphatic heterocycles. The van der Waals surface area contributed by atoms with E-state index in [0.29, 0.717) is 50.9 Å². The van der Waals surface area contributed by atoms with Gasteiger partial charge in [0.05, 0.1) is 11.1 Å². The summed E-state index contributed by atoms with van der Waals surface area (Å²) in [7, 11) is -3.57. The highest BCUT2D eigenvalue weighted by molar-refractivity contribution is 7.89. The summed E-state index contributed by atoms with van der Waals surface area (Å²) in [6.45, 7) is 2.84. The van der Waals surface area contributed by atoms with Crippen LogP contribution in [-0.2, 0) is 10.0 Å². The molecule has 1 saturated heterocycles. The summed E-state index contributed by atoms with van der Waals surface area (Å²) in [5.41, 5.74) is 0. The molecule has 0 unspecified atom stereocenters. The molecule has 1 aromatic carbocycles. The molecule has 3 heterocycles. The van der Waals surface area contributed by atoms with Crippen molar-refractivity contribution in [1.82, 2.24) is 14.3 Å². The molecule has 0 N–H and O–H groups in total. The van der Waals surface area contributed by atoms with E-state index in [1.807, 2.05) is 4.90 Å². The molecule has 0 saturated carbocycles. The van der Waals surface area contributed by atoms with Gasteiger partial charge in [0, 0.05) is 44.6 Å². The first-order valence-electron chi connectivity index (χ1n) is 8.05. The number of nitrogens with zero attached hydrogens (tertiary/aromatic N) is 4. The van der Waals surface area contributed by atoms with Gasteiger partial charge in [0.2, 0.25) is 10.0 Å². The number of rotatable bonds is 3. The van der Waals surface area contributed by atoms with Crippen LogP contribution in [0.5, 0.6) is 11.5 Å². The van der Waals surface area contributed by atoms with E-state index in [1.54, 1.807) is 36.8 Å². The molecule has 0 amide bonds. The van der Waals surface area contributed by atoms with Gasteiger partial charge in [0.1, 0.15) is 19.0 Å². The quantitative estimate of drug-likeness (QED) is 0.797. The largest absolute Gasteiger partial charge is 0.486 e. The zero-order chi connectivity index (χ0) is 17.3. The number of anilines is 1. The maximum atomic E-state index is 12.9. The van der Waals surface area contributed by atoms with Gasteiger partial charge in [-0.1, -0.05) is 0 Å². The van der Waals surface area contributed by atoms with Crippen molar-refractivity contribution in [3.8, 4) is 11.5 Å². The number of sulfonamides is 1. The predicted octanol–water partition coefficient (Wildman–Crippen LogP) is 0.759. The Balaban J connectivity index is 1.50.